The minimum Gasteiger partial charge on any atom is -0.457 e. The Bertz CT molecular complexity index is 594. The monoisotopic (exact) mass is 406 g/mol. The van der Waals surface area contributed by atoms with Crippen molar-refractivity contribution in [2.24, 2.45) is 0 Å². The lowest BCUT2D eigenvalue weighted by molar-refractivity contribution is 0.0473. The highest BCUT2D eigenvalue weighted by molar-refractivity contribution is 14.1. The van der Waals surface area contributed by atoms with Gasteiger partial charge in [-0.05, 0) is 52.9 Å². The molecule has 2 nitrogen and oxygen atoms in total. The summed E-state index contributed by atoms with van der Waals surface area (Å²) in [6.45, 7) is 0.0583. The van der Waals surface area contributed by atoms with E-state index in [1.54, 1.807) is 36.4 Å². The largest absolute Gasteiger partial charge is 0.457 e. The number of halogens is 3. The molecule has 0 amide bonds. The molecular weight excluding hydrogens is 398 g/mol. The van der Waals surface area contributed by atoms with E-state index in [-0.39, 0.29) is 6.61 Å². The van der Waals surface area contributed by atoms with Gasteiger partial charge in [-0.1, -0.05) is 35.3 Å². The van der Waals surface area contributed by atoms with Gasteiger partial charge in [-0.2, -0.15) is 0 Å². The molecule has 0 aliphatic heterocycles. The highest BCUT2D eigenvalue weighted by Crippen LogP contribution is 2.25. The van der Waals surface area contributed by atoms with Crippen LogP contribution in [0, 0.1) is 3.57 Å². The molecule has 2 rings (SSSR count). The summed E-state index contributed by atoms with van der Waals surface area (Å²) in [7, 11) is 0. The summed E-state index contributed by atoms with van der Waals surface area (Å²) in [5.41, 5.74) is 1.12. The normalized spacial score (nSPS) is 10.3. The molecule has 0 radical (unpaired) electrons. The SMILES string of the molecule is O=C(OCc1c(Cl)cccc1Cl)c1cccc(I)c1. The van der Waals surface area contributed by atoms with E-state index in [9.17, 15) is 4.79 Å². The molecular formula is C14H9Cl2IO2. The molecule has 0 bridgehead atoms. The number of rotatable bonds is 3. The summed E-state index contributed by atoms with van der Waals surface area (Å²) in [4.78, 5) is 11.9. The van der Waals surface area contributed by atoms with E-state index in [4.69, 9.17) is 27.9 Å². The second-order valence-corrected chi connectivity index (χ2v) is 5.85. The fourth-order valence-corrected chi connectivity index (χ4v) is 2.56. The Hall–Kier alpha value is -0.780. The van der Waals surface area contributed by atoms with Crippen LogP contribution < -0.4 is 0 Å². The van der Waals surface area contributed by atoms with Crippen LogP contribution in [0.3, 0.4) is 0 Å². The zero-order valence-electron chi connectivity index (χ0n) is 9.70. The Morgan fingerprint density at radius 1 is 1.11 bits per heavy atom. The number of ether oxygens (including phenoxy) is 1. The first-order chi connectivity index (χ1) is 9.08. The first-order valence-corrected chi connectivity index (χ1v) is 7.27. The molecule has 2 aromatic carbocycles. The van der Waals surface area contributed by atoms with Gasteiger partial charge < -0.3 is 4.74 Å². The molecule has 0 N–H and O–H groups in total. The third-order valence-electron chi connectivity index (χ3n) is 2.47. The number of hydrogen-bond acceptors (Lipinski definition) is 2. The van der Waals surface area contributed by atoms with Crippen LogP contribution in [-0.4, -0.2) is 5.97 Å². The van der Waals surface area contributed by atoms with Gasteiger partial charge in [0.25, 0.3) is 0 Å². The van der Waals surface area contributed by atoms with Gasteiger partial charge in [0, 0.05) is 19.2 Å². The van der Waals surface area contributed by atoms with Crippen molar-refractivity contribution >= 4 is 51.8 Å². The van der Waals surface area contributed by atoms with E-state index >= 15 is 0 Å². The second kappa shape index (κ2) is 6.59. The lowest BCUT2D eigenvalue weighted by atomic mass is 10.2. The van der Waals surface area contributed by atoms with Crippen LogP contribution in [0.4, 0.5) is 0 Å². The van der Waals surface area contributed by atoms with E-state index in [1.165, 1.54) is 0 Å². The highest BCUT2D eigenvalue weighted by atomic mass is 127. The number of carbonyl (C=O) groups is 1. The maximum absolute atomic E-state index is 11.9. The first-order valence-electron chi connectivity index (χ1n) is 5.43. The van der Waals surface area contributed by atoms with Crippen LogP contribution in [0.25, 0.3) is 0 Å². The van der Waals surface area contributed by atoms with E-state index in [0.29, 0.717) is 21.2 Å². The van der Waals surface area contributed by atoms with Crippen LogP contribution in [0.15, 0.2) is 42.5 Å². The molecule has 0 saturated carbocycles. The Morgan fingerprint density at radius 2 is 1.74 bits per heavy atom. The van der Waals surface area contributed by atoms with Crippen molar-refractivity contribution in [3.05, 3.63) is 67.2 Å². The molecule has 0 fully saturated rings. The summed E-state index contributed by atoms with van der Waals surface area (Å²) in [6, 6.07) is 12.3. The summed E-state index contributed by atoms with van der Waals surface area (Å²) in [6.07, 6.45) is 0. The van der Waals surface area contributed by atoms with Gasteiger partial charge in [0.2, 0.25) is 0 Å². The zero-order chi connectivity index (χ0) is 13.8. The van der Waals surface area contributed by atoms with Crippen LogP contribution in [-0.2, 0) is 11.3 Å². The molecule has 0 spiro atoms. The number of carbonyl (C=O) groups excluding carboxylic acids is 1. The fraction of sp³-hybridized carbons (Fsp3) is 0.0714. The maximum Gasteiger partial charge on any atom is 0.338 e. The summed E-state index contributed by atoms with van der Waals surface area (Å²) in [5, 5.41) is 0.978. The van der Waals surface area contributed by atoms with Gasteiger partial charge >= 0.3 is 5.97 Å². The topological polar surface area (TPSA) is 26.3 Å². The van der Waals surface area contributed by atoms with Gasteiger partial charge in [0.1, 0.15) is 6.61 Å². The Kier molecular flexibility index (Phi) is 5.07. The first kappa shape index (κ1) is 14.6. The van der Waals surface area contributed by atoms with Crippen molar-refractivity contribution in [1.29, 1.82) is 0 Å². The molecule has 98 valence electrons. The third kappa shape index (κ3) is 3.84. The Labute approximate surface area is 134 Å². The maximum atomic E-state index is 11.9. The minimum atomic E-state index is -0.394. The third-order valence-corrected chi connectivity index (χ3v) is 3.85. The molecule has 2 aromatic rings. The summed E-state index contributed by atoms with van der Waals surface area (Å²) >= 11 is 14.2. The van der Waals surface area contributed by atoms with Crippen molar-refractivity contribution in [3.63, 3.8) is 0 Å². The molecule has 5 heteroatoms. The minimum absolute atomic E-state index is 0.0583. The predicted molar refractivity (Wildman–Crippen MR) is 84.7 cm³/mol. The molecule has 0 saturated heterocycles. The van der Waals surface area contributed by atoms with Gasteiger partial charge in [0.05, 0.1) is 5.56 Å². The van der Waals surface area contributed by atoms with E-state index in [0.717, 1.165) is 3.57 Å². The average Bonchev–Trinajstić information content (AvgIpc) is 2.38. The number of hydrogen-bond donors (Lipinski definition) is 0. The summed E-state index contributed by atoms with van der Waals surface area (Å²) in [5.74, 6) is -0.394. The van der Waals surface area contributed by atoms with Crippen molar-refractivity contribution < 1.29 is 9.53 Å². The predicted octanol–water partition coefficient (Wildman–Crippen LogP) is 4.96. The smallest absolute Gasteiger partial charge is 0.338 e. The van der Waals surface area contributed by atoms with Gasteiger partial charge in [-0.3, -0.25) is 0 Å². The molecule has 0 aliphatic carbocycles. The van der Waals surface area contributed by atoms with Gasteiger partial charge in [-0.25, -0.2) is 4.79 Å². The lowest BCUT2D eigenvalue weighted by Gasteiger charge is -2.08. The van der Waals surface area contributed by atoms with Crippen molar-refractivity contribution in [1.82, 2.24) is 0 Å². The number of benzene rings is 2. The summed E-state index contributed by atoms with van der Waals surface area (Å²) < 4.78 is 6.19. The van der Waals surface area contributed by atoms with E-state index < -0.39 is 5.97 Å². The Morgan fingerprint density at radius 3 is 2.37 bits per heavy atom. The second-order valence-electron chi connectivity index (χ2n) is 3.79. The van der Waals surface area contributed by atoms with Crippen molar-refractivity contribution in [2.75, 3.05) is 0 Å². The lowest BCUT2D eigenvalue weighted by Crippen LogP contribution is -2.06. The van der Waals surface area contributed by atoms with E-state index in [1.807, 2.05) is 6.07 Å². The van der Waals surface area contributed by atoms with Gasteiger partial charge in [0.15, 0.2) is 0 Å². The molecule has 0 atom stereocenters. The molecule has 0 heterocycles. The highest BCUT2D eigenvalue weighted by Gasteiger charge is 2.11. The zero-order valence-corrected chi connectivity index (χ0v) is 13.4. The Balaban J connectivity index is 2.09. The average molecular weight is 407 g/mol. The quantitative estimate of drug-likeness (QED) is 0.532. The molecule has 0 aromatic heterocycles. The van der Waals surface area contributed by atoms with Crippen molar-refractivity contribution in [2.45, 2.75) is 6.61 Å². The molecule has 0 unspecified atom stereocenters. The van der Waals surface area contributed by atoms with Crippen LogP contribution in [0.2, 0.25) is 10.0 Å². The molecule has 0 aliphatic rings. The van der Waals surface area contributed by atoms with Crippen molar-refractivity contribution in [3.8, 4) is 0 Å². The van der Waals surface area contributed by atoms with Crippen LogP contribution in [0.5, 0.6) is 0 Å². The van der Waals surface area contributed by atoms with Crippen LogP contribution >= 0.6 is 45.8 Å². The van der Waals surface area contributed by atoms with E-state index in [2.05, 4.69) is 22.6 Å². The fourth-order valence-electron chi connectivity index (χ4n) is 1.51. The number of esters is 1. The standard InChI is InChI=1S/C14H9Cl2IO2/c15-12-5-2-6-13(16)11(12)8-19-14(18)9-3-1-4-10(17)7-9/h1-7H,8H2. The molecule has 19 heavy (non-hydrogen) atoms. The van der Waals surface area contributed by atoms with Gasteiger partial charge in [-0.15, -0.1) is 0 Å². The van der Waals surface area contributed by atoms with Crippen LogP contribution in [0.1, 0.15) is 15.9 Å².